The minimum atomic E-state index is -3.76. The van der Waals surface area contributed by atoms with Gasteiger partial charge < -0.3 is 11.1 Å². The van der Waals surface area contributed by atoms with E-state index in [-0.39, 0.29) is 35.6 Å². The molecule has 0 atom stereocenters. The molecule has 2 heterocycles. The molecule has 3 N–H and O–H groups in total. The number of rotatable bonds is 6. The summed E-state index contributed by atoms with van der Waals surface area (Å²) in [6, 6.07) is 15.2. The Kier molecular flexibility index (Phi) is 8.69. The van der Waals surface area contributed by atoms with Gasteiger partial charge in [0.1, 0.15) is 0 Å². The molecule has 0 radical (unpaired) electrons. The first kappa shape index (κ1) is 26.7. The van der Waals surface area contributed by atoms with Gasteiger partial charge in [0.05, 0.1) is 22.5 Å². The smallest absolute Gasteiger partial charge is 0.267 e. The van der Waals surface area contributed by atoms with Crippen LogP contribution >= 0.6 is 24.8 Å². The molecule has 178 valence electrons. The first-order valence-electron chi connectivity index (χ1n) is 9.69. The van der Waals surface area contributed by atoms with E-state index >= 15 is 0 Å². The monoisotopic (exact) mass is 519 g/mol. The molecule has 11 heteroatoms. The zero-order chi connectivity index (χ0) is 22.7. The van der Waals surface area contributed by atoms with Gasteiger partial charge in [0.15, 0.2) is 0 Å². The summed E-state index contributed by atoms with van der Waals surface area (Å²) >= 11 is 0. The zero-order valence-electron chi connectivity index (χ0n) is 18.0. The minimum Gasteiger partial charge on any atom is -0.397 e. The minimum absolute atomic E-state index is 0. The summed E-state index contributed by atoms with van der Waals surface area (Å²) in [6.07, 6.45) is 9.32. The summed E-state index contributed by atoms with van der Waals surface area (Å²) in [4.78, 5) is 12.3. The normalized spacial score (nSPS) is 11.0. The predicted molar refractivity (Wildman–Crippen MR) is 139 cm³/mol. The average molecular weight is 520 g/mol. The SMILES string of the molecule is Cl.Cl.Cn1cc(-c2ccc(S(=O)(=O)n3ccc(C=CC(=O)Nc4ccccc4N)c3)cc2)cn1. The van der Waals surface area contributed by atoms with Crippen LogP contribution < -0.4 is 11.1 Å². The highest BCUT2D eigenvalue weighted by atomic mass is 35.5. The number of aromatic nitrogens is 3. The van der Waals surface area contributed by atoms with Gasteiger partial charge in [0, 0.05) is 37.3 Å². The van der Waals surface area contributed by atoms with Gasteiger partial charge in [-0.3, -0.25) is 9.48 Å². The van der Waals surface area contributed by atoms with Crippen LogP contribution in [-0.4, -0.2) is 28.1 Å². The topological polar surface area (TPSA) is 112 Å². The van der Waals surface area contributed by atoms with Crippen LogP contribution in [0.1, 0.15) is 5.56 Å². The van der Waals surface area contributed by atoms with E-state index in [4.69, 9.17) is 5.73 Å². The number of nitrogens with one attached hydrogen (secondary N) is 1. The van der Waals surface area contributed by atoms with Gasteiger partial charge in [-0.1, -0.05) is 24.3 Å². The molecule has 4 aromatic rings. The van der Waals surface area contributed by atoms with Crippen molar-refractivity contribution in [2.45, 2.75) is 4.90 Å². The van der Waals surface area contributed by atoms with Gasteiger partial charge >= 0.3 is 0 Å². The number of hydrogen-bond donors (Lipinski definition) is 2. The number of benzene rings is 2. The fourth-order valence-electron chi connectivity index (χ4n) is 3.11. The van der Waals surface area contributed by atoms with Crippen molar-refractivity contribution in [1.82, 2.24) is 13.8 Å². The van der Waals surface area contributed by atoms with E-state index in [1.54, 1.807) is 65.5 Å². The van der Waals surface area contributed by atoms with Gasteiger partial charge in [-0.05, 0) is 47.5 Å². The standard InChI is InChI=1S/C23H21N5O3S.2ClH/c1-27-16-19(14-25-27)18-7-9-20(10-8-18)32(30,31)28-13-12-17(15-28)6-11-23(29)26-22-5-3-2-4-21(22)24;;/h2-16H,24H2,1H3,(H,26,29);2*1H. The van der Waals surface area contributed by atoms with Crippen molar-refractivity contribution in [2.24, 2.45) is 7.05 Å². The van der Waals surface area contributed by atoms with E-state index in [9.17, 15) is 13.2 Å². The second-order valence-electron chi connectivity index (χ2n) is 7.12. The Labute approximate surface area is 210 Å². The molecule has 0 aliphatic rings. The largest absolute Gasteiger partial charge is 0.397 e. The highest BCUT2D eigenvalue weighted by Gasteiger charge is 2.16. The van der Waals surface area contributed by atoms with Crippen LogP contribution in [0.3, 0.4) is 0 Å². The Hall–Kier alpha value is -3.53. The van der Waals surface area contributed by atoms with Crippen molar-refractivity contribution in [3.63, 3.8) is 0 Å². The van der Waals surface area contributed by atoms with E-state index < -0.39 is 10.0 Å². The number of hydrogen-bond acceptors (Lipinski definition) is 5. The summed E-state index contributed by atoms with van der Waals surface area (Å²) in [7, 11) is -1.94. The summed E-state index contributed by atoms with van der Waals surface area (Å²) in [6.45, 7) is 0. The molecule has 0 aliphatic carbocycles. The van der Waals surface area contributed by atoms with E-state index in [2.05, 4.69) is 10.4 Å². The number of nitrogens with zero attached hydrogens (tertiary/aromatic N) is 3. The van der Waals surface area contributed by atoms with E-state index in [1.807, 2.05) is 13.2 Å². The van der Waals surface area contributed by atoms with Crippen molar-refractivity contribution in [1.29, 1.82) is 0 Å². The second-order valence-corrected chi connectivity index (χ2v) is 8.96. The molecule has 0 saturated carbocycles. The van der Waals surface area contributed by atoms with E-state index in [1.165, 1.54) is 24.5 Å². The molecule has 0 saturated heterocycles. The third kappa shape index (κ3) is 5.88. The maximum absolute atomic E-state index is 12.9. The van der Waals surface area contributed by atoms with E-state index in [0.29, 0.717) is 16.9 Å². The van der Waals surface area contributed by atoms with Crippen LogP contribution in [0.25, 0.3) is 17.2 Å². The van der Waals surface area contributed by atoms with Gasteiger partial charge in [-0.15, -0.1) is 24.8 Å². The lowest BCUT2D eigenvalue weighted by atomic mass is 10.1. The van der Waals surface area contributed by atoms with Crippen molar-refractivity contribution in [3.8, 4) is 11.1 Å². The van der Waals surface area contributed by atoms with E-state index in [0.717, 1.165) is 15.1 Å². The number of halogens is 2. The van der Waals surface area contributed by atoms with Crippen LogP contribution in [0.2, 0.25) is 0 Å². The highest BCUT2D eigenvalue weighted by Crippen LogP contribution is 2.22. The lowest BCUT2D eigenvalue weighted by Crippen LogP contribution is -2.10. The van der Waals surface area contributed by atoms with Gasteiger partial charge in [-0.25, -0.2) is 12.4 Å². The molecule has 0 bridgehead atoms. The first-order valence-corrected chi connectivity index (χ1v) is 11.1. The molecular formula is C23H23Cl2N5O3S. The summed E-state index contributed by atoms with van der Waals surface area (Å²) < 4.78 is 28.7. The van der Waals surface area contributed by atoms with Crippen LogP contribution in [0, 0.1) is 0 Å². The van der Waals surface area contributed by atoms with Crippen molar-refractivity contribution >= 4 is 58.2 Å². The summed E-state index contributed by atoms with van der Waals surface area (Å²) in [5.74, 6) is -0.371. The highest BCUT2D eigenvalue weighted by molar-refractivity contribution is 7.90. The van der Waals surface area contributed by atoms with Gasteiger partial charge in [0.25, 0.3) is 10.0 Å². The Morgan fingerprint density at radius 1 is 1.00 bits per heavy atom. The van der Waals surface area contributed by atoms with Gasteiger partial charge in [-0.2, -0.15) is 5.10 Å². The molecule has 1 amide bonds. The fourth-order valence-corrected chi connectivity index (χ4v) is 4.31. The molecule has 2 aromatic carbocycles. The molecule has 0 unspecified atom stereocenters. The number of amides is 1. The predicted octanol–water partition coefficient (Wildman–Crippen LogP) is 4.20. The van der Waals surface area contributed by atoms with Crippen LogP contribution in [-0.2, 0) is 21.9 Å². The summed E-state index contributed by atoms with van der Waals surface area (Å²) in [5, 5.41) is 6.81. The number of para-hydroxylation sites is 2. The molecule has 8 nitrogen and oxygen atoms in total. The quantitative estimate of drug-likeness (QED) is 0.292. The Morgan fingerprint density at radius 3 is 2.35 bits per heavy atom. The number of carbonyl (C=O) groups is 1. The maximum Gasteiger partial charge on any atom is 0.267 e. The van der Waals surface area contributed by atoms with Gasteiger partial charge in [0.2, 0.25) is 5.91 Å². The number of nitrogen functional groups attached to an aromatic ring is 1. The number of carbonyl (C=O) groups excluding carboxylic acids is 1. The van der Waals surface area contributed by atoms with Crippen molar-refractivity contribution in [3.05, 3.63) is 91.0 Å². The fraction of sp³-hybridized carbons (Fsp3) is 0.0435. The number of aryl methyl sites for hydroxylation is 1. The van der Waals surface area contributed by atoms with Crippen LogP contribution in [0.5, 0.6) is 0 Å². The first-order chi connectivity index (χ1) is 15.3. The molecule has 34 heavy (non-hydrogen) atoms. The molecule has 2 aromatic heterocycles. The Balaban J connectivity index is 0.00000204. The zero-order valence-corrected chi connectivity index (χ0v) is 20.5. The Morgan fingerprint density at radius 2 is 1.71 bits per heavy atom. The number of nitrogens with two attached hydrogens (primary N) is 1. The maximum atomic E-state index is 12.9. The number of anilines is 2. The molecule has 0 spiro atoms. The third-order valence-corrected chi connectivity index (χ3v) is 6.45. The molecule has 0 aliphatic heterocycles. The van der Waals surface area contributed by atoms with Crippen molar-refractivity contribution < 1.29 is 13.2 Å². The third-order valence-electron chi connectivity index (χ3n) is 4.80. The summed E-state index contributed by atoms with van der Waals surface area (Å²) in [5.41, 5.74) is 9.13. The molecule has 0 fully saturated rings. The van der Waals surface area contributed by atoms with Crippen molar-refractivity contribution in [2.75, 3.05) is 11.1 Å². The lowest BCUT2D eigenvalue weighted by molar-refractivity contribution is -0.111. The molecule has 4 rings (SSSR count). The lowest BCUT2D eigenvalue weighted by Gasteiger charge is -2.06. The molecular weight excluding hydrogens is 497 g/mol. The van der Waals surface area contributed by atoms with Crippen LogP contribution in [0.4, 0.5) is 11.4 Å². The Bertz CT molecular complexity index is 1410. The average Bonchev–Trinajstić information content (AvgIpc) is 3.44. The van der Waals surface area contributed by atoms with Crippen LogP contribution in [0.15, 0.2) is 90.4 Å². The second kappa shape index (κ2) is 11.1.